The summed E-state index contributed by atoms with van der Waals surface area (Å²) in [5.74, 6) is 0.227. The number of nitrogens with zero attached hydrogens (tertiary/aromatic N) is 1. The molecule has 0 saturated heterocycles. The Hall–Kier alpha value is -3.60. The van der Waals surface area contributed by atoms with Gasteiger partial charge in [0.25, 0.3) is 5.91 Å². The summed E-state index contributed by atoms with van der Waals surface area (Å²) < 4.78 is 5.90. The number of carbonyl (C=O) groups is 2. The van der Waals surface area contributed by atoms with Crippen molar-refractivity contribution >= 4 is 11.8 Å². The molecule has 0 spiro atoms. The van der Waals surface area contributed by atoms with Gasteiger partial charge in [-0.05, 0) is 48.1 Å². The van der Waals surface area contributed by atoms with E-state index in [2.05, 4.69) is 26.1 Å². The highest BCUT2D eigenvalue weighted by atomic mass is 16.5. The topological polar surface area (TPSA) is 58.6 Å². The van der Waals surface area contributed by atoms with E-state index in [9.17, 15) is 9.59 Å². The molecule has 0 aliphatic rings. The van der Waals surface area contributed by atoms with Crippen LogP contribution in [0.2, 0.25) is 0 Å². The number of hydrogen-bond acceptors (Lipinski definition) is 3. The molecule has 36 heavy (non-hydrogen) atoms. The van der Waals surface area contributed by atoms with E-state index in [1.807, 2.05) is 92.7 Å². The summed E-state index contributed by atoms with van der Waals surface area (Å²) in [5.41, 5.74) is 4.31. The molecular weight excluding hydrogens is 448 g/mol. The van der Waals surface area contributed by atoms with Crippen LogP contribution in [0.15, 0.2) is 78.9 Å². The standard InChI is InChI=1S/C31H38N2O3/c1-6-32-30(35)28(20-24-12-8-7-9-13-24)33(21-25-14-10-11-23(2)19-25)29(34)22-36-27-17-15-26(16-18-27)31(3,4)5/h7-19,28H,6,20-22H2,1-5H3,(H,32,35)/t28-/m0/s1. The molecular formula is C31H38N2O3. The molecule has 3 aromatic rings. The fraction of sp³-hybridized carbons (Fsp3) is 0.355. The summed E-state index contributed by atoms with van der Waals surface area (Å²) in [4.78, 5) is 28.5. The van der Waals surface area contributed by atoms with Gasteiger partial charge in [0.1, 0.15) is 11.8 Å². The molecule has 3 rings (SSSR count). The third kappa shape index (κ3) is 7.70. The second-order valence-corrected chi connectivity index (χ2v) is 10.2. The third-order valence-corrected chi connectivity index (χ3v) is 6.14. The van der Waals surface area contributed by atoms with E-state index in [1.54, 1.807) is 4.90 Å². The van der Waals surface area contributed by atoms with Crippen molar-refractivity contribution in [2.75, 3.05) is 13.2 Å². The highest BCUT2D eigenvalue weighted by molar-refractivity contribution is 5.88. The molecule has 3 aromatic carbocycles. The molecule has 0 aromatic heterocycles. The maximum absolute atomic E-state index is 13.6. The average Bonchev–Trinajstić information content (AvgIpc) is 2.85. The number of hydrogen-bond donors (Lipinski definition) is 1. The van der Waals surface area contributed by atoms with E-state index in [0.717, 1.165) is 16.7 Å². The molecule has 0 heterocycles. The van der Waals surface area contributed by atoms with E-state index in [4.69, 9.17) is 4.74 Å². The lowest BCUT2D eigenvalue weighted by Crippen LogP contribution is -2.51. The van der Waals surface area contributed by atoms with Crippen molar-refractivity contribution in [2.45, 2.75) is 59.0 Å². The molecule has 0 saturated carbocycles. The molecule has 2 amide bonds. The van der Waals surface area contributed by atoms with Gasteiger partial charge in [0.2, 0.25) is 5.91 Å². The number of aryl methyl sites for hydroxylation is 1. The van der Waals surface area contributed by atoms with Crippen LogP contribution < -0.4 is 10.1 Å². The lowest BCUT2D eigenvalue weighted by Gasteiger charge is -2.31. The second-order valence-electron chi connectivity index (χ2n) is 10.2. The molecule has 0 radical (unpaired) electrons. The first-order valence-corrected chi connectivity index (χ1v) is 12.6. The molecule has 1 N–H and O–H groups in total. The van der Waals surface area contributed by atoms with Crippen molar-refractivity contribution < 1.29 is 14.3 Å². The Morgan fingerprint density at radius 1 is 0.917 bits per heavy atom. The molecule has 0 unspecified atom stereocenters. The Bertz CT molecular complexity index is 1130. The number of ether oxygens (including phenoxy) is 1. The normalized spacial score (nSPS) is 12.0. The van der Waals surface area contributed by atoms with Crippen LogP contribution in [0.4, 0.5) is 0 Å². The van der Waals surface area contributed by atoms with Crippen molar-refractivity contribution in [3.05, 3.63) is 101 Å². The Labute approximate surface area is 215 Å². The van der Waals surface area contributed by atoms with Crippen molar-refractivity contribution in [3.8, 4) is 5.75 Å². The average molecular weight is 487 g/mol. The Morgan fingerprint density at radius 3 is 2.19 bits per heavy atom. The van der Waals surface area contributed by atoms with Gasteiger partial charge in [-0.2, -0.15) is 0 Å². The summed E-state index contributed by atoms with van der Waals surface area (Å²) >= 11 is 0. The number of rotatable bonds is 10. The van der Waals surface area contributed by atoms with Crippen molar-refractivity contribution in [2.24, 2.45) is 0 Å². The van der Waals surface area contributed by atoms with Crippen LogP contribution in [0.3, 0.4) is 0 Å². The van der Waals surface area contributed by atoms with E-state index in [-0.39, 0.29) is 23.8 Å². The van der Waals surface area contributed by atoms with E-state index in [0.29, 0.717) is 25.3 Å². The van der Waals surface area contributed by atoms with Gasteiger partial charge in [0, 0.05) is 19.5 Å². The molecule has 5 heteroatoms. The Morgan fingerprint density at radius 2 is 1.58 bits per heavy atom. The fourth-order valence-corrected chi connectivity index (χ4v) is 4.13. The SMILES string of the molecule is CCNC(=O)[C@H](Cc1ccccc1)N(Cc1cccc(C)c1)C(=O)COc1ccc(C(C)(C)C)cc1. The minimum absolute atomic E-state index is 0.0380. The zero-order valence-electron chi connectivity index (χ0n) is 22.1. The molecule has 0 aliphatic heterocycles. The van der Waals surface area contributed by atoms with Crippen molar-refractivity contribution in [1.82, 2.24) is 10.2 Å². The number of benzene rings is 3. The van der Waals surface area contributed by atoms with E-state index in [1.165, 1.54) is 5.56 Å². The van der Waals surface area contributed by atoms with Gasteiger partial charge < -0.3 is 15.0 Å². The van der Waals surface area contributed by atoms with Crippen LogP contribution in [0.25, 0.3) is 0 Å². The highest BCUT2D eigenvalue weighted by Crippen LogP contribution is 2.24. The minimum atomic E-state index is -0.660. The third-order valence-electron chi connectivity index (χ3n) is 6.14. The summed E-state index contributed by atoms with van der Waals surface area (Å²) in [6, 6.07) is 25.0. The molecule has 5 nitrogen and oxygen atoms in total. The smallest absolute Gasteiger partial charge is 0.261 e. The van der Waals surface area contributed by atoms with Crippen LogP contribution in [0.1, 0.15) is 49.9 Å². The van der Waals surface area contributed by atoms with Crippen molar-refractivity contribution in [1.29, 1.82) is 0 Å². The highest BCUT2D eigenvalue weighted by Gasteiger charge is 2.30. The van der Waals surface area contributed by atoms with Gasteiger partial charge in [-0.3, -0.25) is 9.59 Å². The van der Waals surface area contributed by atoms with E-state index >= 15 is 0 Å². The number of likely N-dealkylation sites (N-methyl/N-ethyl adjacent to an activating group) is 1. The van der Waals surface area contributed by atoms with Crippen molar-refractivity contribution in [3.63, 3.8) is 0 Å². The van der Waals surface area contributed by atoms with Gasteiger partial charge in [-0.15, -0.1) is 0 Å². The summed E-state index contributed by atoms with van der Waals surface area (Å²) in [6.45, 7) is 11.0. The monoisotopic (exact) mass is 486 g/mol. The zero-order valence-corrected chi connectivity index (χ0v) is 22.1. The van der Waals surface area contributed by atoms with Crippen LogP contribution in [-0.4, -0.2) is 35.9 Å². The minimum Gasteiger partial charge on any atom is -0.484 e. The number of carbonyl (C=O) groups excluding carboxylic acids is 2. The zero-order chi connectivity index (χ0) is 26.1. The first-order chi connectivity index (χ1) is 17.2. The van der Waals surface area contributed by atoms with Gasteiger partial charge >= 0.3 is 0 Å². The molecule has 0 aliphatic carbocycles. The van der Waals surface area contributed by atoms with Gasteiger partial charge in [-0.25, -0.2) is 0 Å². The predicted molar refractivity (Wildman–Crippen MR) is 145 cm³/mol. The van der Waals surface area contributed by atoms with E-state index < -0.39 is 6.04 Å². The fourth-order valence-electron chi connectivity index (χ4n) is 4.13. The van der Waals surface area contributed by atoms with Crippen LogP contribution in [0, 0.1) is 6.92 Å². The maximum Gasteiger partial charge on any atom is 0.261 e. The number of nitrogens with one attached hydrogen (secondary N) is 1. The largest absolute Gasteiger partial charge is 0.484 e. The predicted octanol–water partition coefficient (Wildman–Crippen LogP) is 5.45. The summed E-state index contributed by atoms with van der Waals surface area (Å²) in [7, 11) is 0. The van der Waals surface area contributed by atoms with Crippen LogP contribution in [-0.2, 0) is 28.0 Å². The van der Waals surface area contributed by atoms with Gasteiger partial charge in [0.05, 0.1) is 0 Å². The lowest BCUT2D eigenvalue weighted by molar-refractivity contribution is -0.142. The molecule has 0 bridgehead atoms. The Kier molecular flexibility index (Phi) is 9.29. The Balaban J connectivity index is 1.86. The summed E-state index contributed by atoms with van der Waals surface area (Å²) in [6.07, 6.45) is 0.421. The first kappa shape index (κ1) is 27.0. The first-order valence-electron chi connectivity index (χ1n) is 12.6. The van der Waals surface area contributed by atoms with Crippen LogP contribution in [0.5, 0.6) is 5.75 Å². The van der Waals surface area contributed by atoms with Crippen LogP contribution >= 0.6 is 0 Å². The summed E-state index contributed by atoms with van der Waals surface area (Å²) in [5, 5.41) is 2.92. The molecule has 190 valence electrons. The molecule has 1 atom stereocenters. The number of amides is 2. The van der Waals surface area contributed by atoms with Gasteiger partial charge in [0.15, 0.2) is 6.61 Å². The maximum atomic E-state index is 13.6. The quantitative estimate of drug-likeness (QED) is 0.415. The second kappa shape index (κ2) is 12.4. The lowest BCUT2D eigenvalue weighted by atomic mass is 9.87. The van der Waals surface area contributed by atoms with Gasteiger partial charge in [-0.1, -0.05) is 93.1 Å². The molecule has 0 fully saturated rings.